The maximum absolute atomic E-state index is 12.6. The summed E-state index contributed by atoms with van der Waals surface area (Å²) in [5, 5.41) is 5.97. The molecule has 2 N–H and O–H groups in total. The molecule has 0 aliphatic rings. The Labute approximate surface area is 168 Å². The number of para-hydroxylation sites is 1. The van der Waals surface area contributed by atoms with Crippen molar-refractivity contribution in [1.82, 2.24) is 4.98 Å². The first-order valence-corrected chi connectivity index (χ1v) is 8.92. The summed E-state index contributed by atoms with van der Waals surface area (Å²) in [7, 11) is 2.92. The van der Waals surface area contributed by atoms with Crippen LogP contribution >= 0.6 is 0 Å². The molecule has 3 rings (SSSR count). The summed E-state index contributed by atoms with van der Waals surface area (Å²) in [5.41, 5.74) is 2.69. The molecule has 0 radical (unpaired) electrons. The van der Waals surface area contributed by atoms with Crippen LogP contribution in [0.5, 0.6) is 5.75 Å². The Morgan fingerprint density at radius 3 is 2.48 bits per heavy atom. The molecular formula is C22H21N3O4. The Balaban J connectivity index is 1.69. The summed E-state index contributed by atoms with van der Waals surface area (Å²) in [4.78, 5) is 28.6. The van der Waals surface area contributed by atoms with Gasteiger partial charge in [-0.2, -0.15) is 0 Å². The third-order valence-electron chi connectivity index (χ3n) is 4.23. The normalized spacial score (nSPS) is 10.1. The van der Waals surface area contributed by atoms with Crippen molar-refractivity contribution in [1.29, 1.82) is 0 Å². The van der Waals surface area contributed by atoms with Gasteiger partial charge >= 0.3 is 5.97 Å². The Bertz CT molecular complexity index is 1000. The SMILES string of the molecule is COC(=O)c1ccccc1NC(=O)c1cc(NCc2ccc(OC)cc2)ccn1. The van der Waals surface area contributed by atoms with Gasteiger partial charge in [-0.3, -0.25) is 9.78 Å². The van der Waals surface area contributed by atoms with Gasteiger partial charge in [-0.25, -0.2) is 4.79 Å². The second-order valence-corrected chi connectivity index (χ2v) is 6.12. The van der Waals surface area contributed by atoms with Crippen LogP contribution < -0.4 is 15.4 Å². The van der Waals surface area contributed by atoms with Crippen LogP contribution in [0.1, 0.15) is 26.4 Å². The maximum Gasteiger partial charge on any atom is 0.339 e. The Morgan fingerprint density at radius 2 is 1.76 bits per heavy atom. The summed E-state index contributed by atoms with van der Waals surface area (Å²) in [6, 6.07) is 17.8. The Kier molecular flexibility index (Phi) is 6.42. The fourth-order valence-electron chi connectivity index (χ4n) is 2.68. The molecule has 0 bridgehead atoms. The van der Waals surface area contributed by atoms with E-state index >= 15 is 0 Å². The molecule has 2 aromatic carbocycles. The molecule has 7 nitrogen and oxygen atoms in total. The van der Waals surface area contributed by atoms with Crippen LogP contribution in [0.3, 0.4) is 0 Å². The van der Waals surface area contributed by atoms with Crippen LogP contribution in [0.15, 0.2) is 66.9 Å². The molecule has 0 spiro atoms. The van der Waals surface area contributed by atoms with Crippen LogP contribution in [-0.4, -0.2) is 31.1 Å². The number of nitrogens with zero attached hydrogens (tertiary/aromatic N) is 1. The number of methoxy groups -OCH3 is 2. The summed E-state index contributed by atoms with van der Waals surface area (Å²) < 4.78 is 9.90. The minimum absolute atomic E-state index is 0.226. The number of aromatic nitrogens is 1. The maximum atomic E-state index is 12.6. The number of hydrogen-bond donors (Lipinski definition) is 2. The van der Waals surface area contributed by atoms with Crippen molar-refractivity contribution >= 4 is 23.3 Å². The summed E-state index contributed by atoms with van der Waals surface area (Å²) >= 11 is 0. The van der Waals surface area contributed by atoms with Crippen LogP contribution in [0, 0.1) is 0 Å². The zero-order valence-electron chi connectivity index (χ0n) is 16.1. The third-order valence-corrected chi connectivity index (χ3v) is 4.23. The van der Waals surface area contributed by atoms with E-state index in [4.69, 9.17) is 9.47 Å². The van der Waals surface area contributed by atoms with Gasteiger partial charge in [0, 0.05) is 18.4 Å². The highest BCUT2D eigenvalue weighted by Crippen LogP contribution is 2.18. The predicted octanol–water partition coefficient (Wildman–Crippen LogP) is 3.74. The molecule has 1 aromatic heterocycles. The van der Waals surface area contributed by atoms with Crippen LogP contribution in [0.2, 0.25) is 0 Å². The van der Waals surface area contributed by atoms with Crippen molar-refractivity contribution in [3.8, 4) is 5.75 Å². The first-order chi connectivity index (χ1) is 14.1. The van der Waals surface area contributed by atoms with E-state index in [2.05, 4.69) is 15.6 Å². The van der Waals surface area contributed by atoms with E-state index in [1.807, 2.05) is 24.3 Å². The minimum Gasteiger partial charge on any atom is -0.497 e. The minimum atomic E-state index is -0.524. The number of benzene rings is 2. The van der Waals surface area contributed by atoms with Gasteiger partial charge in [0.05, 0.1) is 25.5 Å². The molecular weight excluding hydrogens is 370 g/mol. The number of anilines is 2. The lowest BCUT2D eigenvalue weighted by Gasteiger charge is -2.11. The lowest BCUT2D eigenvalue weighted by molar-refractivity contribution is 0.0602. The fourth-order valence-corrected chi connectivity index (χ4v) is 2.68. The number of ether oxygens (including phenoxy) is 2. The van der Waals surface area contributed by atoms with Crippen molar-refractivity contribution in [2.75, 3.05) is 24.9 Å². The number of rotatable bonds is 7. The van der Waals surface area contributed by atoms with E-state index < -0.39 is 11.9 Å². The highest BCUT2D eigenvalue weighted by atomic mass is 16.5. The molecule has 29 heavy (non-hydrogen) atoms. The van der Waals surface area contributed by atoms with E-state index in [1.54, 1.807) is 49.7 Å². The number of carbonyl (C=O) groups is 2. The molecule has 1 amide bonds. The van der Waals surface area contributed by atoms with Gasteiger partial charge in [0.2, 0.25) is 0 Å². The monoisotopic (exact) mass is 391 g/mol. The van der Waals surface area contributed by atoms with Gasteiger partial charge < -0.3 is 20.1 Å². The second-order valence-electron chi connectivity index (χ2n) is 6.12. The van der Waals surface area contributed by atoms with E-state index in [0.29, 0.717) is 12.2 Å². The summed E-state index contributed by atoms with van der Waals surface area (Å²) in [6.45, 7) is 0.584. The van der Waals surface area contributed by atoms with E-state index in [1.165, 1.54) is 7.11 Å². The molecule has 0 aliphatic heterocycles. The lowest BCUT2D eigenvalue weighted by atomic mass is 10.1. The van der Waals surface area contributed by atoms with Crippen molar-refractivity contribution in [3.05, 3.63) is 83.7 Å². The molecule has 1 heterocycles. The quantitative estimate of drug-likeness (QED) is 0.597. The van der Waals surface area contributed by atoms with Gasteiger partial charge in [0.25, 0.3) is 5.91 Å². The molecule has 0 atom stereocenters. The first-order valence-electron chi connectivity index (χ1n) is 8.92. The average Bonchev–Trinajstić information content (AvgIpc) is 2.78. The molecule has 0 unspecified atom stereocenters. The number of carbonyl (C=O) groups excluding carboxylic acids is 2. The van der Waals surface area contributed by atoms with Crippen molar-refractivity contribution in [2.24, 2.45) is 0 Å². The standard InChI is InChI=1S/C22H21N3O4/c1-28-17-9-7-15(8-10-17)14-24-16-11-12-23-20(13-16)21(26)25-19-6-4-3-5-18(19)22(27)29-2/h3-13H,14H2,1-2H3,(H,23,24)(H,25,26). The highest BCUT2D eigenvalue weighted by Gasteiger charge is 2.15. The molecule has 7 heteroatoms. The number of nitrogens with one attached hydrogen (secondary N) is 2. The van der Waals surface area contributed by atoms with Gasteiger partial charge in [0.15, 0.2) is 0 Å². The van der Waals surface area contributed by atoms with Gasteiger partial charge in [-0.05, 0) is 42.0 Å². The average molecular weight is 391 g/mol. The third kappa shape index (κ3) is 5.10. The summed E-state index contributed by atoms with van der Waals surface area (Å²) in [6.07, 6.45) is 1.55. The van der Waals surface area contributed by atoms with Gasteiger partial charge in [0.1, 0.15) is 11.4 Å². The van der Waals surface area contributed by atoms with Crippen LogP contribution in [-0.2, 0) is 11.3 Å². The van der Waals surface area contributed by atoms with Crippen molar-refractivity contribution in [3.63, 3.8) is 0 Å². The van der Waals surface area contributed by atoms with Crippen molar-refractivity contribution < 1.29 is 19.1 Å². The fraction of sp³-hybridized carbons (Fsp3) is 0.136. The molecule has 0 saturated carbocycles. The van der Waals surface area contributed by atoms with E-state index in [9.17, 15) is 9.59 Å². The zero-order chi connectivity index (χ0) is 20.6. The predicted molar refractivity (Wildman–Crippen MR) is 110 cm³/mol. The number of pyridine rings is 1. The second kappa shape index (κ2) is 9.36. The first kappa shape index (κ1) is 19.9. The molecule has 0 aliphatic carbocycles. The molecule has 3 aromatic rings. The van der Waals surface area contributed by atoms with Gasteiger partial charge in [-0.1, -0.05) is 24.3 Å². The number of esters is 1. The van der Waals surface area contributed by atoms with E-state index in [0.717, 1.165) is 17.0 Å². The van der Waals surface area contributed by atoms with Crippen molar-refractivity contribution in [2.45, 2.75) is 6.54 Å². The van der Waals surface area contributed by atoms with Crippen LogP contribution in [0.4, 0.5) is 11.4 Å². The Hall–Kier alpha value is -3.87. The number of amides is 1. The molecule has 0 saturated heterocycles. The zero-order valence-corrected chi connectivity index (χ0v) is 16.1. The lowest BCUT2D eigenvalue weighted by Crippen LogP contribution is -2.16. The summed E-state index contributed by atoms with van der Waals surface area (Å²) in [5.74, 6) is -0.151. The molecule has 0 fully saturated rings. The number of hydrogen-bond acceptors (Lipinski definition) is 6. The highest BCUT2D eigenvalue weighted by molar-refractivity contribution is 6.07. The smallest absolute Gasteiger partial charge is 0.339 e. The molecule has 148 valence electrons. The van der Waals surface area contributed by atoms with E-state index in [-0.39, 0.29) is 11.3 Å². The van der Waals surface area contributed by atoms with Gasteiger partial charge in [-0.15, -0.1) is 0 Å². The van der Waals surface area contributed by atoms with Crippen LogP contribution in [0.25, 0.3) is 0 Å². The Morgan fingerprint density at radius 1 is 1.00 bits per heavy atom. The topological polar surface area (TPSA) is 89.5 Å². The largest absolute Gasteiger partial charge is 0.497 e.